The Balaban J connectivity index is 0.00000364. The lowest BCUT2D eigenvalue weighted by atomic mass is 10.2. The van der Waals surface area contributed by atoms with E-state index in [2.05, 4.69) is 15.4 Å². The zero-order valence-corrected chi connectivity index (χ0v) is 15.5. The summed E-state index contributed by atoms with van der Waals surface area (Å²) in [5.41, 5.74) is -0.755. The van der Waals surface area contributed by atoms with E-state index in [0.717, 1.165) is 0 Å². The van der Waals surface area contributed by atoms with Crippen molar-refractivity contribution in [2.75, 3.05) is 13.2 Å². The van der Waals surface area contributed by atoms with Crippen LogP contribution < -0.4 is 20.1 Å². The quantitative estimate of drug-likeness (QED) is 0.514. The van der Waals surface area contributed by atoms with Crippen molar-refractivity contribution in [3.05, 3.63) is 24.3 Å². The molecule has 0 saturated carbocycles. The molecular formula is C15H21ClF3N5O3. The van der Waals surface area contributed by atoms with Gasteiger partial charge in [0.25, 0.3) is 0 Å². The average Bonchev–Trinajstić information content (AvgIpc) is 2.48. The molecule has 0 bridgehead atoms. The van der Waals surface area contributed by atoms with Gasteiger partial charge in [-0.05, 0) is 38.1 Å². The number of benzene rings is 1. The number of hydrogen-bond donors (Lipinski definition) is 4. The van der Waals surface area contributed by atoms with Crippen LogP contribution in [0, 0.1) is 10.8 Å². The minimum atomic E-state index is -4.72. The van der Waals surface area contributed by atoms with Crippen molar-refractivity contribution in [1.82, 2.24) is 15.7 Å². The molecule has 0 unspecified atom stereocenters. The van der Waals surface area contributed by atoms with Crippen molar-refractivity contribution < 1.29 is 27.5 Å². The van der Waals surface area contributed by atoms with E-state index < -0.39 is 12.0 Å². The SMILES string of the molecule is CC1(C)NC(=N)NC(=N)N1OCCCOc1ccc(OC(F)(F)F)cc1.Cl. The average molecular weight is 412 g/mol. The molecule has 1 heterocycles. The lowest BCUT2D eigenvalue weighted by Gasteiger charge is -2.43. The summed E-state index contributed by atoms with van der Waals surface area (Å²) < 4.78 is 45.4. The number of ether oxygens (including phenoxy) is 2. The van der Waals surface area contributed by atoms with Gasteiger partial charge in [-0.25, -0.2) is 0 Å². The highest BCUT2D eigenvalue weighted by atomic mass is 35.5. The molecule has 8 nitrogen and oxygen atoms in total. The zero-order valence-electron chi connectivity index (χ0n) is 14.6. The first-order chi connectivity index (χ1) is 12.1. The van der Waals surface area contributed by atoms with Crippen molar-refractivity contribution in [3.63, 3.8) is 0 Å². The van der Waals surface area contributed by atoms with Crippen LogP contribution in [-0.2, 0) is 4.84 Å². The van der Waals surface area contributed by atoms with Crippen molar-refractivity contribution in [2.45, 2.75) is 32.3 Å². The van der Waals surface area contributed by atoms with Gasteiger partial charge >= 0.3 is 6.36 Å². The Bertz CT molecular complexity index is 655. The molecule has 1 aromatic rings. The molecule has 1 aliphatic rings. The number of halogens is 4. The molecule has 0 spiro atoms. The fourth-order valence-electron chi connectivity index (χ4n) is 2.20. The number of hydrogen-bond acceptors (Lipinski definition) is 5. The molecule has 12 heteroatoms. The van der Waals surface area contributed by atoms with Gasteiger partial charge in [-0.3, -0.25) is 21.0 Å². The zero-order chi connectivity index (χ0) is 19.4. The number of alkyl halides is 3. The summed E-state index contributed by atoms with van der Waals surface area (Å²) in [7, 11) is 0. The second-order valence-corrected chi connectivity index (χ2v) is 5.88. The van der Waals surface area contributed by atoms with Gasteiger partial charge in [0.2, 0.25) is 5.96 Å². The maximum Gasteiger partial charge on any atom is 0.573 e. The van der Waals surface area contributed by atoms with Crippen LogP contribution in [0.2, 0.25) is 0 Å². The van der Waals surface area contributed by atoms with Gasteiger partial charge < -0.3 is 14.8 Å². The topological polar surface area (TPSA) is 103 Å². The third kappa shape index (κ3) is 7.02. The van der Waals surface area contributed by atoms with E-state index in [1.807, 2.05) is 0 Å². The van der Waals surface area contributed by atoms with E-state index in [-0.39, 0.29) is 43.3 Å². The smallest absolute Gasteiger partial charge is 0.494 e. The minimum absolute atomic E-state index is 0. The second-order valence-electron chi connectivity index (χ2n) is 5.88. The molecule has 0 amide bonds. The van der Waals surface area contributed by atoms with Gasteiger partial charge in [0.1, 0.15) is 17.2 Å². The van der Waals surface area contributed by atoms with E-state index in [4.69, 9.17) is 20.4 Å². The number of nitrogens with zero attached hydrogens (tertiary/aromatic N) is 1. The summed E-state index contributed by atoms with van der Waals surface area (Å²) in [6.07, 6.45) is -4.24. The van der Waals surface area contributed by atoms with E-state index in [0.29, 0.717) is 12.2 Å². The van der Waals surface area contributed by atoms with Crippen LogP contribution in [0.3, 0.4) is 0 Å². The van der Waals surface area contributed by atoms with Gasteiger partial charge in [-0.1, -0.05) is 0 Å². The van der Waals surface area contributed by atoms with Crippen LogP contribution >= 0.6 is 12.4 Å². The van der Waals surface area contributed by atoms with Crippen LogP contribution in [0.15, 0.2) is 24.3 Å². The molecule has 152 valence electrons. The number of guanidine groups is 2. The Morgan fingerprint density at radius 2 is 1.67 bits per heavy atom. The second kappa shape index (κ2) is 9.00. The molecule has 0 aromatic heterocycles. The maximum atomic E-state index is 12.1. The summed E-state index contributed by atoms with van der Waals surface area (Å²) in [4.78, 5) is 5.53. The Morgan fingerprint density at radius 1 is 1.07 bits per heavy atom. The molecule has 1 saturated heterocycles. The third-order valence-electron chi connectivity index (χ3n) is 3.22. The van der Waals surface area contributed by atoms with Crippen LogP contribution in [0.4, 0.5) is 13.2 Å². The molecule has 0 atom stereocenters. The highest BCUT2D eigenvalue weighted by molar-refractivity contribution is 5.98. The van der Waals surface area contributed by atoms with Crippen LogP contribution in [0.25, 0.3) is 0 Å². The molecule has 4 N–H and O–H groups in total. The van der Waals surface area contributed by atoms with Crippen LogP contribution in [-0.4, -0.2) is 42.2 Å². The molecular weight excluding hydrogens is 391 g/mol. The summed E-state index contributed by atoms with van der Waals surface area (Å²) in [5.74, 6) is 0.0491. The Morgan fingerprint density at radius 3 is 2.22 bits per heavy atom. The number of rotatable bonds is 7. The fraction of sp³-hybridized carbons (Fsp3) is 0.467. The molecule has 0 radical (unpaired) electrons. The first-order valence-electron chi connectivity index (χ1n) is 7.71. The van der Waals surface area contributed by atoms with Crippen molar-refractivity contribution in [3.8, 4) is 11.5 Å². The van der Waals surface area contributed by atoms with E-state index in [1.54, 1.807) is 13.8 Å². The maximum absolute atomic E-state index is 12.1. The summed E-state index contributed by atoms with van der Waals surface area (Å²) in [6.45, 7) is 4.05. The Hall–Kier alpha value is -2.40. The number of nitrogens with one attached hydrogen (secondary N) is 4. The predicted octanol–water partition coefficient (Wildman–Crippen LogP) is 2.81. The van der Waals surface area contributed by atoms with Gasteiger partial charge in [0, 0.05) is 6.42 Å². The fourth-order valence-corrected chi connectivity index (χ4v) is 2.20. The highest BCUT2D eigenvalue weighted by Crippen LogP contribution is 2.24. The van der Waals surface area contributed by atoms with E-state index >= 15 is 0 Å². The lowest BCUT2D eigenvalue weighted by Crippen LogP contribution is -2.69. The monoisotopic (exact) mass is 411 g/mol. The molecule has 1 aromatic carbocycles. The molecule has 0 aliphatic carbocycles. The standard InChI is InChI=1S/C15H20F3N5O3.ClH/c1-14(2)22-12(19)21-13(20)23(14)25-9-3-8-24-10-4-6-11(7-5-10)26-15(16,17)18;/h4-7H,3,8-9H2,1-2H3,(H4,19,20,21,22);1H. The van der Waals surface area contributed by atoms with Crippen molar-refractivity contribution >= 4 is 24.3 Å². The van der Waals surface area contributed by atoms with E-state index in [1.165, 1.54) is 29.3 Å². The van der Waals surface area contributed by atoms with Crippen LogP contribution in [0.5, 0.6) is 11.5 Å². The van der Waals surface area contributed by atoms with Gasteiger partial charge in [0.05, 0.1) is 13.2 Å². The van der Waals surface area contributed by atoms with Gasteiger partial charge in [0.15, 0.2) is 5.96 Å². The molecule has 2 rings (SSSR count). The Kier molecular flexibility index (Phi) is 7.55. The largest absolute Gasteiger partial charge is 0.573 e. The summed E-state index contributed by atoms with van der Waals surface area (Å²) >= 11 is 0. The van der Waals surface area contributed by atoms with Crippen molar-refractivity contribution in [1.29, 1.82) is 10.8 Å². The summed E-state index contributed by atoms with van der Waals surface area (Å²) in [5, 5.41) is 22.0. The lowest BCUT2D eigenvalue weighted by molar-refractivity contribution is -0.274. The van der Waals surface area contributed by atoms with E-state index in [9.17, 15) is 13.2 Å². The van der Waals surface area contributed by atoms with Crippen LogP contribution in [0.1, 0.15) is 20.3 Å². The number of hydroxylamine groups is 2. The van der Waals surface area contributed by atoms with Gasteiger partial charge in [-0.2, -0.15) is 5.06 Å². The first kappa shape index (κ1) is 22.6. The van der Waals surface area contributed by atoms with Crippen molar-refractivity contribution in [2.24, 2.45) is 0 Å². The molecule has 27 heavy (non-hydrogen) atoms. The molecule has 1 aliphatic heterocycles. The van der Waals surface area contributed by atoms with Gasteiger partial charge in [-0.15, -0.1) is 25.6 Å². The minimum Gasteiger partial charge on any atom is -0.494 e. The first-order valence-corrected chi connectivity index (χ1v) is 7.71. The highest BCUT2D eigenvalue weighted by Gasteiger charge is 2.35. The Labute approximate surface area is 160 Å². The third-order valence-corrected chi connectivity index (χ3v) is 3.22. The molecule has 1 fully saturated rings. The summed E-state index contributed by atoms with van der Waals surface area (Å²) in [6, 6.07) is 5.10. The normalized spacial score (nSPS) is 16.1. The predicted molar refractivity (Wildman–Crippen MR) is 94.1 cm³/mol.